The van der Waals surface area contributed by atoms with Crippen molar-refractivity contribution in [1.82, 2.24) is 4.98 Å². The molecule has 1 aromatic rings. The molecule has 0 aromatic carbocycles. The molecular formula is C12H19N3. The maximum absolute atomic E-state index is 5.63. The van der Waals surface area contributed by atoms with Crippen molar-refractivity contribution in [2.45, 2.75) is 39.3 Å². The topological polar surface area (TPSA) is 42.2 Å². The van der Waals surface area contributed by atoms with Crippen LogP contribution in [0.25, 0.3) is 0 Å². The molecule has 82 valence electrons. The summed E-state index contributed by atoms with van der Waals surface area (Å²) in [4.78, 5) is 7.00. The van der Waals surface area contributed by atoms with Gasteiger partial charge in [-0.05, 0) is 38.3 Å². The monoisotopic (exact) mass is 205 g/mol. The highest BCUT2D eigenvalue weighted by Gasteiger charge is 2.21. The molecule has 1 aromatic heterocycles. The van der Waals surface area contributed by atoms with Crippen LogP contribution >= 0.6 is 0 Å². The van der Waals surface area contributed by atoms with Crippen LogP contribution < -0.4 is 10.6 Å². The van der Waals surface area contributed by atoms with Crippen molar-refractivity contribution in [3.63, 3.8) is 0 Å². The Hall–Kier alpha value is -1.09. The Morgan fingerprint density at radius 3 is 2.87 bits per heavy atom. The van der Waals surface area contributed by atoms with Crippen LogP contribution in [0.1, 0.15) is 31.0 Å². The lowest BCUT2D eigenvalue weighted by Crippen LogP contribution is -2.27. The van der Waals surface area contributed by atoms with Gasteiger partial charge in [0, 0.05) is 24.8 Å². The van der Waals surface area contributed by atoms with Crippen LogP contribution in [0.4, 0.5) is 5.82 Å². The van der Waals surface area contributed by atoms with Crippen molar-refractivity contribution >= 4 is 5.82 Å². The number of pyridine rings is 1. The number of anilines is 1. The number of aromatic nitrogens is 1. The van der Waals surface area contributed by atoms with E-state index in [1.54, 1.807) is 0 Å². The molecule has 3 nitrogen and oxygen atoms in total. The van der Waals surface area contributed by atoms with E-state index in [0.29, 0.717) is 12.6 Å². The van der Waals surface area contributed by atoms with Crippen molar-refractivity contribution in [2.75, 3.05) is 11.4 Å². The second-order valence-corrected chi connectivity index (χ2v) is 4.30. The summed E-state index contributed by atoms with van der Waals surface area (Å²) in [6.45, 7) is 6.01. The molecule has 1 aliphatic rings. The van der Waals surface area contributed by atoms with Gasteiger partial charge in [-0.25, -0.2) is 4.98 Å². The van der Waals surface area contributed by atoms with Gasteiger partial charge < -0.3 is 10.6 Å². The Kier molecular flexibility index (Phi) is 2.91. The van der Waals surface area contributed by atoms with E-state index < -0.39 is 0 Å². The number of rotatable bonds is 2. The quantitative estimate of drug-likeness (QED) is 0.801. The summed E-state index contributed by atoms with van der Waals surface area (Å²) in [5.41, 5.74) is 7.84. The van der Waals surface area contributed by atoms with E-state index in [9.17, 15) is 0 Å². The molecule has 2 N–H and O–H groups in total. The molecule has 3 heteroatoms. The van der Waals surface area contributed by atoms with E-state index in [1.807, 2.05) is 6.92 Å². The second-order valence-electron chi connectivity index (χ2n) is 4.30. The number of hydrogen-bond donors (Lipinski definition) is 1. The van der Waals surface area contributed by atoms with Gasteiger partial charge in [0.2, 0.25) is 0 Å². The van der Waals surface area contributed by atoms with Crippen LogP contribution in [0.2, 0.25) is 0 Å². The lowest BCUT2D eigenvalue weighted by molar-refractivity contribution is 0.725. The van der Waals surface area contributed by atoms with Crippen LogP contribution in [0.15, 0.2) is 12.1 Å². The average Bonchev–Trinajstić information content (AvgIpc) is 2.64. The zero-order valence-electron chi connectivity index (χ0n) is 9.53. The Bertz CT molecular complexity index is 349. The van der Waals surface area contributed by atoms with Gasteiger partial charge in [0.25, 0.3) is 0 Å². The van der Waals surface area contributed by atoms with Gasteiger partial charge in [-0.2, -0.15) is 0 Å². The van der Waals surface area contributed by atoms with Gasteiger partial charge in [-0.15, -0.1) is 0 Å². The molecule has 1 saturated heterocycles. The van der Waals surface area contributed by atoms with E-state index in [4.69, 9.17) is 5.73 Å². The number of hydrogen-bond acceptors (Lipinski definition) is 3. The summed E-state index contributed by atoms with van der Waals surface area (Å²) in [6.07, 6.45) is 2.56. The lowest BCUT2D eigenvalue weighted by Gasteiger charge is -2.23. The molecule has 0 saturated carbocycles. The van der Waals surface area contributed by atoms with Crippen molar-refractivity contribution in [3.05, 3.63) is 23.4 Å². The largest absolute Gasteiger partial charge is 0.354 e. The Balaban J connectivity index is 2.25. The molecule has 0 amide bonds. The van der Waals surface area contributed by atoms with Gasteiger partial charge in [0.1, 0.15) is 5.82 Å². The molecule has 1 unspecified atom stereocenters. The third-order valence-electron chi connectivity index (χ3n) is 3.25. The molecule has 0 aliphatic carbocycles. The van der Waals surface area contributed by atoms with Gasteiger partial charge in [-0.3, -0.25) is 0 Å². The van der Waals surface area contributed by atoms with Crippen molar-refractivity contribution in [3.8, 4) is 0 Å². The molecular weight excluding hydrogens is 186 g/mol. The third kappa shape index (κ3) is 1.97. The van der Waals surface area contributed by atoms with Crippen molar-refractivity contribution < 1.29 is 0 Å². The number of nitrogens with zero attached hydrogens (tertiary/aromatic N) is 2. The molecule has 0 radical (unpaired) electrons. The number of nitrogens with two attached hydrogens (primary N) is 1. The van der Waals surface area contributed by atoms with Gasteiger partial charge in [-0.1, -0.05) is 6.07 Å². The summed E-state index contributed by atoms with van der Waals surface area (Å²) in [5, 5.41) is 0. The predicted octanol–water partition coefficient (Wildman–Crippen LogP) is 1.84. The average molecular weight is 205 g/mol. The van der Waals surface area contributed by atoms with Crippen LogP contribution in [-0.2, 0) is 6.54 Å². The highest BCUT2D eigenvalue weighted by molar-refractivity contribution is 5.43. The minimum atomic E-state index is 0.578. The summed E-state index contributed by atoms with van der Waals surface area (Å²) in [7, 11) is 0. The molecule has 2 rings (SSSR count). The van der Waals surface area contributed by atoms with Gasteiger partial charge in [0.15, 0.2) is 0 Å². The van der Waals surface area contributed by atoms with Crippen LogP contribution in [0, 0.1) is 6.92 Å². The molecule has 2 heterocycles. The van der Waals surface area contributed by atoms with Crippen LogP contribution in [0.5, 0.6) is 0 Å². The maximum Gasteiger partial charge on any atom is 0.129 e. The smallest absolute Gasteiger partial charge is 0.129 e. The fourth-order valence-corrected chi connectivity index (χ4v) is 2.23. The van der Waals surface area contributed by atoms with Crippen molar-refractivity contribution in [1.29, 1.82) is 0 Å². The zero-order valence-corrected chi connectivity index (χ0v) is 9.53. The predicted molar refractivity (Wildman–Crippen MR) is 62.9 cm³/mol. The summed E-state index contributed by atoms with van der Waals surface area (Å²) in [6, 6.07) is 4.82. The standard InChI is InChI=1S/C12H19N3/c1-9-4-3-7-15(9)12-6-5-11(8-13)10(2)14-12/h5-6,9H,3-4,7-8,13H2,1-2H3. The molecule has 15 heavy (non-hydrogen) atoms. The van der Waals surface area contributed by atoms with E-state index in [0.717, 1.165) is 23.6 Å². The summed E-state index contributed by atoms with van der Waals surface area (Å²) < 4.78 is 0. The fraction of sp³-hybridized carbons (Fsp3) is 0.583. The Morgan fingerprint density at radius 1 is 1.53 bits per heavy atom. The SMILES string of the molecule is Cc1nc(N2CCCC2C)ccc1CN. The maximum atomic E-state index is 5.63. The summed E-state index contributed by atoms with van der Waals surface area (Å²) in [5.74, 6) is 1.11. The second kappa shape index (κ2) is 4.19. The fourth-order valence-electron chi connectivity index (χ4n) is 2.23. The van der Waals surface area contributed by atoms with Crippen molar-refractivity contribution in [2.24, 2.45) is 5.73 Å². The minimum Gasteiger partial charge on any atom is -0.354 e. The molecule has 0 spiro atoms. The third-order valence-corrected chi connectivity index (χ3v) is 3.25. The molecule has 1 atom stereocenters. The first-order valence-electron chi connectivity index (χ1n) is 5.65. The first-order chi connectivity index (χ1) is 7.22. The molecule has 0 bridgehead atoms. The van der Waals surface area contributed by atoms with Gasteiger partial charge in [0.05, 0.1) is 0 Å². The zero-order chi connectivity index (χ0) is 10.8. The highest BCUT2D eigenvalue weighted by atomic mass is 15.2. The lowest BCUT2D eigenvalue weighted by atomic mass is 10.2. The highest BCUT2D eigenvalue weighted by Crippen LogP contribution is 2.24. The van der Waals surface area contributed by atoms with E-state index in [-0.39, 0.29) is 0 Å². The number of aryl methyl sites for hydroxylation is 1. The normalized spacial score (nSPS) is 21.0. The van der Waals surface area contributed by atoms with E-state index >= 15 is 0 Å². The Labute approximate surface area is 91.3 Å². The first kappa shape index (κ1) is 10.4. The minimum absolute atomic E-state index is 0.578. The first-order valence-corrected chi connectivity index (χ1v) is 5.65. The van der Waals surface area contributed by atoms with Gasteiger partial charge >= 0.3 is 0 Å². The molecule has 1 aliphatic heterocycles. The van der Waals surface area contributed by atoms with E-state index in [1.165, 1.54) is 12.8 Å². The summed E-state index contributed by atoms with van der Waals surface area (Å²) >= 11 is 0. The van der Waals surface area contributed by atoms with E-state index in [2.05, 4.69) is 28.9 Å². The van der Waals surface area contributed by atoms with Crippen LogP contribution in [0.3, 0.4) is 0 Å². The molecule has 1 fully saturated rings. The Morgan fingerprint density at radius 2 is 2.33 bits per heavy atom. The van der Waals surface area contributed by atoms with Crippen LogP contribution in [-0.4, -0.2) is 17.6 Å².